The molecule has 1 aliphatic heterocycles. The maximum atomic E-state index is 12.5. The molecule has 1 saturated heterocycles. The van der Waals surface area contributed by atoms with Crippen molar-refractivity contribution < 1.29 is 4.79 Å². The molecule has 180 valence electrons. The highest BCUT2D eigenvalue weighted by Crippen LogP contribution is 2.35. The Labute approximate surface area is 214 Å². The first-order chi connectivity index (χ1) is 17.7. The average molecular weight is 493 g/mol. The fraction of sp³-hybridized carbons (Fsp3) is 0.267. The van der Waals surface area contributed by atoms with Crippen molar-refractivity contribution in [2.75, 3.05) is 26.2 Å². The Morgan fingerprint density at radius 1 is 0.889 bits per heavy atom. The molecule has 4 heterocycles. The minimum Gasteiger partial charge on any atom is -0.340 e. The smallest absolute Gasteiger partial charge is 0.225 e. The molecular formula is C30H28N4OS. The van der Waals surface area contributed by atoms with E-state index in [0.29, 0.717) is 11.8 Å². The molecule has 1 saturated carbocycles. The fourth-order valence-electron chi connectivity index (χ4n) is 5.27. The molecule has 1 aliphatic carbocycles. The molecule has 0 spiro atoms. The molecule has 0 radical (unpaired) electrons. The van der Waals surface area contributed by atoms with E-state index in [-0.39, 0.29) is 0 Å². The Morgan fingerprint density at radius 2 is 1.67 bits per heavy atom. The van der Waals surface area contributed by atoms with E-state index in [9.17, 15) is 4.79 Å². The SMILES string of the molecule is O=C(C1CC1)N1CCN(Cc2c(-c3ccccc3)nc3ccc(-c4cc5ccccc5s4)cn23)CC1. The second kappa shape index (κ2) is 8.87. The van der Waals surface area contributed by atoms with Crippen molar-refractivity contribution in [3.05, 3.63) is 84.7 Å². The van der Waals surface area contributed by atoms with E-state index in [1.807, 2.05) is 11.3 Å². The van der Waals surface area contributed by atoms with Crippen molar-refractivity contribution in [1.82, 2.24) is 19.2 Å². The largest absolute Gasteiger partial charge is 0.340 e. The number of hydrogen-bond acceptors (Lipinski definition) is 4. The zero-order valence-corrected chi connectivity index (χ0v) is 21.0. The van der Waals surface area contributed by atoms with Crippen LogP contribution in [0, 0.1) is 5.92 Å². The number of amides is 1. The summed E-state index contributed by atoms with van der Waals surface area (Å²) in [5, 5.41) is 1.28. The molecule has 2 aliphatic rings. The molecular weight excluding hydrogens is 464 g/mol. The molecule has 2 fully saturated rings. The number of fused-ring (bicyclic) bond motifs is 2. The number of pyridine rings is 1. The standard InChI is InChI=1S/C30H28N4OS/c35-30(22-10-11-22)33-16-14-32(15-17-33)20-25-29(21-6-2-1-3-7-21)31-28-13-12-24(19-34(25)28)27-18-23-8-4-5-9-26(23)36-27/h1-9,12-13,18-19,22H,10-11,14-17,20H2. The minimum atomic E-state index is 0.298. The highest BCUT2D eigenvalue weighted by molar-refractivity contribution is 7.22. The molecule has 36 heavy (non-hydrogen) atoms. The van der Waals surface area contributed by atoms with E-state index in [4.69, 9.17) is 4.98 Å². The van der Waals surface area contributed by atoms with Gasteiger partial charge < -0.3 is 9.30 Å². The van der Waals surface area contributed by atoms with Gasteiger partial charge in [-0.3, -0.25) is 9.69 Å². The Hall–Kier alpha value is -3.48. The van der Waals surface area contributed by atoms with Crippen molar-refractivity contribution in [3.63, 3.8) is 0 Å². The summed E-state index contributed by atoms with van der Waals surface area (Å²) >= 11 is 1.83. The van der Waals surface area contributed by atoms with Gasteiger partial charge in [-0.1, -0.05) is 48.5 Å². The van der Waals surface area contributed by atoms with Crippen molar-refractivity contribution in [3.8, 4) is 21.7 Å². The quantitative estimate of drug-likeness (QED) is 0.305. The van der Waals surface area contributed by atoms with Gasteiger partial charge in [0.1, 0.15) is 5.65 Å². The number of imidazole rings is 1. The number of rotatable bonds is 5. The number of aromatic nitrogens is 2. The summed E-state index contributed by atoms with van der Waals surface area (Å²) in [4.78, 5) is 23.4. The van der Waals surface area contributed by atoms with Gasteiger partial charge in [-0.05, 0) is 42.5 Å². The molecule has 5 aromatic rings. The number of hydrogen-bond donors (Lipinski definition) is 0. The molecule has 0 N–H and O–H groups in total. The number of thiophene rings is 1. The Bertz CT molecular complexity index is 1530. The van der Waals surface area contributed by atoms with Gasteiger partial charge in [-0.15, -0.1) is 11.3 Å². The van der Waals surface area contributed by atoms with Gasteiger partial charge in [-0.25, -0.2) is 4.98 Å². The second-order valence-electron chi connectivity index (χ2n) is 9.94. The summed E-state index contributed by atoms with van der Waals surface area (Å²) in [6.45, 7) is 4.25. The van der Waals surface area contributed by atoms with Crippen LogP contribution >= 0.6 is 11.3 Å². The van der Waals surface area contributed by atoms with Crippen molar-refractivity contribution >= 4 is 33.0 Å². The van der Waals surface area contributed by atoms with Gasteiger partial charge in [0, 0.05) is 65.5 Å². The molecule has 0 bridgehead atoms. The van der Waals surface area contributed by atoms with Crippen LogP contribution in [0.2, 0.25) is 0 Å². The number of benzene rings is 2. The highest BCUT2D eigenvalue weighted by Gasteiger charge is 2.34. The average Bonchev–Trinajstić information content (AvgIpc) is 3.59. The fourth-order valence-corrected chi connectivity index (χ4v) is 6.32. The topological polar surface area (TPSA) is 40.9 Å². The zero-order chi connectivity index (χ0) is 24.1. The summed E-state index contributed by atoms with van der Waals surface area (Å²) in [7, 11) is 0. The first kappa shape index (κ1) is 21.8. The van der Waals surface area contributed by atoms with E-state index in [2.05, 4.69) is 93.2 Å². The zero-order valence-electron chi connectivity index (χ0n) is 20.1. The van der Waals surface area contributed by atoms with E-state index >= 15 is 0 Å². The van der Waals surface area contributed by atoms with E-state index in [0.717, 1.165) is 62.5 Å². The summed E-state index contributed by atoms with van der Waals surface area (Å²) in [5.74, 6) is 0.662. The van der Waals surface area contributed by atoms with Gasteiger partial charge >= 0.3 is 0 Å². The lowest BCUT2D eigenvalue weighted by Gasteiger charge is -2.35. The molecule has 7 rings (SSSR count). The third kappa shape index (κ3) is 4.00. The van der Waals surface area contributed by atoms with Gasteiger partial charge in [-0.2, -0.15) is 0 Å². The van der Waals surface area contributed by atoms with Crippen LogP contribution in [0.3, 0.4) is 0 Å². The number of nitrogens with zero attached hydrogens (tertiary/aromatic N) is 4. The van der Waals surface area contributed by atoms with E-state index in [1.54, 1.807) is 0 Å². The van der Waals surface area contributed by atoms with Crippen LogP contribution < -0.4 is 0 Å². The third-order valence-corrected chi connectivity index (χ3v) is 8.62. The molecule has 6 heteroatoms. The first-order valence-electron chi connectivity index (χ1n) is 12.8. The number of carbonyl (C=O) groups excluding carboxylic acids is 1. The predicted molar refractivity (Wildman–Crippen MR) is 146 cm³/mol. The highest BCUT2D eigenvalue weighted by atomic mass is 32.1. The Kier molecular flexibility index (Phi) is 5.37. The lowest BCUT2D eigenvalue weighted by Crippen LogP contribution is -2.48. The van der Waals surface area contributed by atoms with Crippen LogP contribution in [-0.2, 0) is 11.3 Å². The number of piperazine rings is 1. The van der Waals surface area contributed by atoms with Gasteiger partial charge in [0.25, 0.3) is 0 Å². The summed E-state index contributed by atoms with van der Waals surface area (Å²) < 4.78 is 3.59. The van der Waals surface area contributed by atoms with Crippen LogP contribution in [0.1, 0.15) is 18.5 Å². The van der Waals surface area contributed by atoms with Gasteiger partial charge in [0.2, 0.25) is 5.91 Å². The molecule has 0 unspecified atom stereocenters. The van der Waals surface area contributed by atoms with Crippen molar-refractivity contribution in [2.45, 2.75) is 19.4 Å². The van der Waals surface area contributed by atoms with Gasteiger partial charge in [0.05, 0.1) is 11.4 Å². The number of carbonyl (C=O) groups is 1. The summed E-state index contributed by atoms with van der Waals surface area (Å²) in [6.07, 6.45) is 4.40. The maximum Gasteiger partial charge on any atom is 0.225 e. The summed E-state index contributed by atoms with van der Waals surface area (Å²) in [6, 6.07) is 25.7. The van der Waals surface area contributed by atoms with Crippen molar-refractivity contribution in [1.29, 1.82) is 0 Å². The van der Waals surface area contributed by atoms with Crippen LogP contribution in [0.25, 0.3) is 37.4 Å². The lowest BCUT2D eigenvalue weighted by atomic mass is 10.1. The summed E-state index contributed by atoms with van der Waals surface area (Å²) in [5.41, 5.74) is 5.57. The minimum absolute atomic E-state index is 0.298. The van der Waals surface area contributed by atoms with Crippen LogP contribution in [-0.4, -0.2) is 51.3 Å². The Balaban J connectivity index is 1.24. The van der Waals surface area contributed by atoms with Crippen molar-refractivity contribution in [2.24, 2.45) is 5.92 Å². The molecule has 5 nitrogen and oxygen atoms in total. The Morgan fingerprint density at radius 3 is 2.44 bits per heavy atom. The first-order valence-corrected chi connectivity index (χ1v) is 13.6. The third-order valence-electron chi connectivity index (χ3n) is 7.46. The van der Waals surface area contributed by atoms with Crippen LogP contribution in [0.4, 0.5) is 0 Å². The lowest BCUT2D eigenvalue weighted by molar-refractivity contribution is -0.134. The van der Waals surface area contributed by atoms with Crippen LogP contribution in [0.15, 0.2) is 79.0 Å². The normalized spacial score (nSPS) is 16.7. The predicted octanol–water partition coefficient (Wildman–Crippen LogP) is 5.94. The van der Waals surface area contributed by atoms with Gasteiger partial charge in [0.15, 0.2) is 0 Å². The molecule has 0 atom stereocenters. The second-order valence-corrected chi connectivity index (χ2v) is 11.0. The maximum absolute atomic E-state index is 12.5. The monoisotopic (exact) mass is 492 g/mol. The molecule has 2 aromatic carbocycles. The molecule has 1 amide bonds. The molecule has 3 aromatic heterocycles. The van der Waals surface area contributed by atoms with Crippen LogP contribution in [0.5, 0.6) is 0 Å². The van der Waals surface area contributed by atoms with E-state index in [1.165, 1.54) is 26.2 Å². The van der Waals surface area contributed by atoms with E-state index < -0.39 is 0 Å².